The van der Waals surface area contributed by atoms with Gasteiger partial charge in [0.2, 0.25) is 0 Å². The fourth-order valence-corrected chi connectivity index (χ4v) is 5.23. The fraction of sp³-hybridized carbons (Fsp3) is 0.643. The van der Waals surface area contributed by atoms with Gasteiger partial charge >= 0.3 is 59.7 Å². The van der Waals surface area contributed by atoms with Gasteiger partial charge in [0.1, 0.15) is 12.1 Å². The highest BCUT2D eigenvalue weighted by Crippen LogP contribution is 2.16. The molecule has 10 N–H and O–H groups in total. The summed E-state index contributed by atoms with van der Waals surface area (Å²) in [5.41, 5.74) is 0. The van der Waals surface area contributed by atoms with Crippen LogP contribution in [-0.4, -0.2) is 257 Å². The van der Waals surface area contributed by atoms with Gasteiger partial charge in [-0.1, -0.05) is 0 Å². The van der Waals surface area contributed by atoms with E-state index < -0.39 is 176 Å². The normalized spacial score (nSPS) is 12.6. The molecule has 26 heteroatoms. The van der Waals surface area contributed by atoms with E-state index in [0.29, 0.717) is 0 Å². The van der Waals surface area contributed by atoms with Gasteiger partial charge in [0.15, 0.2) is 0 Å². The summed E-state index contributed by atoms with van der Waals surface area (Å²) in [6.07, 6.45) is 0. The first kappa shape index (κ1) is 48.5. The zero-order valence-electron chi connectivity index (χ0n) is 28.7. The molecule has 0 rings (SSSR count). The van der Waals surface area contributed by atoms with Gasteiger partial charge in [-0.2, -0.15) is 0 Å². The van der Waals surface area contributed by atoms with Crippen LogP contribution in [-0.2, 0) is 47.9 Å². The molecule has 0 amide bonds. The van der Waals surface area contributed by atoms with E-state index in [0.717, 1.165) is 29.4 Å². The predicted molar refractivity (Wildman–Crippen MR) is 173 cm³/mol. The Morgan fingerprint density at radius 3 is 0.537 bits per heavy atom. The monoisotopic (exact) mass is 784 g/mol. The Kier molecular flexibility index (Phi) is 22.1. The maximum absolute atomic E-state index is 13.0. The summed E-state index contributed by atoms with van der Waals surface area (Å²) in [4.78, 5) is 122. The summed E-state index contributed by atoms with van der Waals surface area (Å²) < 4.78 is 0. The highest BCUT2D eigenvalue weighted by molar-refractivity contribution is 5.85. The molecule has 0 spiro atoms. The Bertz CT molecular complexity index is 1120. The molecule has 54 heavy (non-hydrogen) atoms. The number of rotatable bonds is 33. The molecular formula is C28H44N6O20. The van der Waals surface area contributed by atoms with E-state index in [2.05, 4.69) is 0 Å². The first-order valence-electron chi connectivity index (χ1n) is 15.6. The third kappa shape index (κ3) is 21.7. The SMILES string of the molecule is O=C(O)CN(CCN(CCN(CC(=O)O)CC(=O)O)[C@H](C(=O)O)[C@H](C(=O)O)N(CCN(CC(=O)O)CC(=O)O)CCN(CC(=O)O)CC(=O)O)CC(=O)O. The van der Waals surface area contributed by atoms with Crippen molar-refractivity contribution in [2.45, 2.75) is 12.1 Å². The molecule has 2 atom stereocenters. The van der Waals surface area contributed by atoms with Gasteiger partial charge in [0.05, 0.1) is 52.4 Å². The molecule has 306 valence electrons. The first-order valence-corrected chi connectivity index (χ1v) is 15.6. The van der Waals surface area contributed by atoms with Crippen LogP contribution in [0.5, 0.6) is 0 Å². The van der Waals surface area contributed by atoms with Crippen LogP contribution in [0.15, 0.2) is 0 Å². The van der Waals surface area contributed by atoms with Crippen LogP contribution in [0, 0.1) is 0 Å². The standard InChI is InChI=1S/C28H44N6O20/c35-17(36)9-29(10-18(37)38)1-5-33(6-2-30(11-19(39)40)12-20(41)42)25(27(51)52)26(28(53)54)34(7-3-31(13-21(43)44)14-22(45)46)8-4-32(15-23(47)48)16-24(49)50/h25-26H,1-16H2,(H,35,36)(H,37,38)(H,39,40)(H,41,42)(H,43,44)(H,45,46)(H,47,48)(H,49,50)(H,51,52)(H,53,54)/t25-,26+. The minimum absolute atomic E-state index is 0.553. The highest BCUT2D eigenvalue weighted by atomic mass is 16.4. The summed E-state index contributed by atoms with van der Waals surface area (Å²) in [6.45, 7) is -11.8. The lowest BCUT2D eigenvalue weighted by atomic mass is 10.0. The van der Waals surface area contributed by atoms with Crippen molar-refractivity contribution in [1.82, 2.24) is 29.4 Å². The molecule has 0 aromatic rings. The molecule has 0 aromatic heterocycles. The van der Waals surface area contributed by atoms with Crippen molar-refractivity contribution < 1.29 is 99.0 Å². The van der Waals surface area contributed by atoms with E-state index in [1.165, 1.54) is 0 Å². The molecule has 0 saturated carbocycles. The molecule has 0 aliphatic heterocycles. The molecule has 0 fully saturated rings. The summed E-state index contributed by atoms with van der Waals surface area (Å²) in [7, 11) is 0. The van der Waals surface area contributed by atoms with Gasteiger partial charge in [-0.3, -0.25) is 77.3 Å². The van der Waals surface area contributed by atoms with Gasteiger partial charge in [0.25, 0.3) is 0 Å². The number of hydrogen-bond donors (Lipinski definition) is 10. The van der Waals surface area contributed by atoms with E-state index in [9.17, 15) is 99.0 Å². The average Bonchev–Trinajstić information content (AvgIpc) is 2.97. The quantitative estimate of drug-likeness (QED) is 0.0296. The Labute approximate surface area is 305 Å². The van der Waals surface area contributed by atoms with Crippen LogP contribution in [0.4, 0.5) is 0 Å². The van der Waals surface area contributed by atoms with Gasteiger partial charge < -0.3 is 51.1 Å². The van der Waals surface area contributed by atoms with Crippen LogP contribution in [0.3, 0.4) is 0 Å². The number of carboxylic acid groups (broad SMARTS) is 10. The minimum Gasteiger partial charge on any atom is -0.480 e. The molecule has 0 aliphatic rings. The molecule has 0 saturated heterocycles. The van der Waals surface area contributed by atoms with Crippen molar-refractivity contribution in [3.05, 3.63) is 0 Å². The molecule has 0 aromatic carbocycles. The molecule has 0 bridgehead atoms. The van der Waals surface area contributed by atoms with Crippen LogP contribution < -0.4 is 0 Å². The van der Waals surface area contributed by atoms with Gasteiger partial charge in [-0.15, -0.1) is 0 Å². The first-order chi connectivity index (χ1) is 25.0. The number of hydrogen-bond acceptors (Lipinski definition) is 16. The number of carboxylic acids is 10. The van der Waals surface area contributed by atoms with Crippen LogP contribution in [0.2, 0.25) is 0 Å². The summed E-state index contributed by atoms with van der Waals surface area (Å²) in [5, 5.41) is 95.1. The van der Waals surface area contributed by atoms with Gasteiger partial charge in [0, 0.05) is 52.4 Å². The van der Waals surface area contributed by atoms with Crippen LogP contribution in [0.1, 0.15) is 0 Å². The highest BCUT2D eigenvalue weighted by Gasteiger charge is 2.43. The van der Waals surface area contributed by atoms with E-state index in [1.54, 1.807) is 0 Å². The maximum atomic E-state index is 13.0. The third-order valence-electron chi connectivity index (χ3n) is 7.28. The molecular weight excluding hydrogens is 740 g/mol. The smallest absolute Gasteiger partial charge is 0.323 e. The van der Waals surface area contributed by atoms with E-state index in [4.69, 9.17) is 0 Å². The number of nitrogens with zero attached hydrogens (tertiary/aromatic N) is 6. The van der Waals surface area contributed by atoms with E-state index >= 15 is 0 Å². The molecule has 0 radical (unpaired) electrons. The van der Waals surface area contributed by atoms with Crippen LogP contribution in [0.25, 0.3) is 0 Å². The van der Waals surface area contributed by atoms with Crippen molar-refractivity contribution in [2.75, 3.05) is 105 Å². The lowest BCUT2D eigenvalue weighted by Gasteiger charge is -2.40. The van der Waals surface area contributed by atoms with Gasteiger partial charge in [-0.05, 0) is 0 Å². The number of aliphatic carboxylic acids is 10. The second kappa shape index (κ2) is 24.7. The lowest BCUT2D eigenvalue weighted by Crippen LogP contribution is -2.62. The molecule has 26 nitrogen and oxygen atoms in total. The lowest BCUT2D eigenvalue weighted by molar-refractivity contribution is -0.158. The Hall–Kier alpha value is -5.54. The molecule has 0 unspecified atom stereocenters. The average molecular weight is 785 g/mol. The minimum atomic E-state index is -2.24. The van der Waals surface area contributed by atoms with E-state index in [1.807, 2.05) is 0 Å². The Morgan fingerprint density at radius 1 is 0.278 bits per heavy atom. The van der Waals surface area contributed by atoms with Crippen molar-refractivity contribution in [3.8, 4) is 0 Å². The second-order valence-corrected chi connectivity index (χ2v) is 11.6. The van der Waals surface area contributed by atoms with Crippen molar-refractivity contribution >= 4 is 59.7 Å². The summed E-state index contributed by atoms with van der Waals surface area (Å²) >= 11 is 0. The maximum Gasteiger partial charge on any atom is 0.323 e. The number of carbonyl (C=O) groups is 10. The third-order valence-corrected chi connectivity index (χ3v) is 7.28. The topological polar surface area (TPSA) is 392 Å². The van der Waals surface area contributed by atoms with Crippen molar-refractivity contribution in [3.63, 3.8) is 0 Å². The molecule has 0 aliphatic carbocycles. The summed E-state index contributed by atoms with van der Waals surface area (Å²) in [5.74, 6) is -15.8. The van der Waals surface area contributed by atoms with E-state index in [-0.39, 0.29) is 0 Å². The molecule has 0 heterocycles. The Balaban J connectivity index is 7.25. The fourth-order valence-electron chi connectivity index (χ4n) is 5.23. The largest absolute Gasteiger partial charge is 0.480 e. The van der Waals surface area contributed by atoms with Gasteiger partial charge in [-0.25, -0.2) is 0 Å². The van der Waals surface area contributed by atoms with Crippen LogP contribution >= 0.6 is 0 Å². The second-order valence-electron chi connectivity index (χ2n) is 11.6. The van der Waals surface area contributed by atoms with Crippen molar-refractivity contribution in [1.29, 1.82) is 0 Å². The Morgan fingerprint density at radius 2 is 0.426 bits per heavy atom. The van der Waals surface area contributed by atoms with Crippen molar-refractivity contribution in [2.24, 2.45) is 0 Å². The predicted octanol–water partition coefficient (Wildman–Crippen LogP) is -5.62. The summed E-state index contributed by atoms with van der Waals surface area (Å²) in [6, 6.07) is -4.48. The zero-order valence-corrected chi connectivity index (χ0v) is 28.7. The zero-order chi connectivity index (χ0) is 41.7.